The Labute approximate surface area is 623 Å². The zero-order chi connectivity index (χ0) is 77.9. The number of unbranched alkanes of at least 4 members (excludes halogenated alkanes) is 1. The number of nitrogens with zero attached hydrogens (tertiary/aromatic N) is 5. The Bertz CT molecular complexity index is 3490. The van der Waals surface area contributed by atoms with Crippen molar-refractivity contribution in [2.45, 2.75) is 194 Å². The smallest absolute Gasteiger partial charge is 0.475 e. The number of nitrogens with two attached hydrogens (primary N) is 5. The van der Waals surface area contributed by atoms with Gasteiger partial charge in [0, 0.05) is 88.9 Å². The number of imide groups is 2. The van der Waals surface area contributed by atoms with E-state index in [1.807, 2.05) is 0 Å². The summed E-state index contributed by atoms with van der Waals surface area (Å²) in [4.78, 5) is 185. The molecule has 38 heteroatoms. The van der Waals surface area contributed by atoms with Crippen LogP contribution in [0.25, 0.3) is 4.85 Å². The van der Waals surface area contributed by atoms with Gasteiger partial charge in [-0.3, -0.25) is 97.3 Å². The molecule has 0 radical (unpaired) electrons. The molecular formula is C68H100BN17O18S2. The number of carbonyl (C=O) groups excluding carboxylic acids is 14. The number of amides is 12. The van der Waals surface area contributed by atoms with Crippen molar-refractivity contribution < 1.29 is 87.4 Å². The molecular weight excluding hydrogens is 1420 g/mol. The minimum Gasteiger partial charge on any atom is -0.508 e. The van der Waals surface area contributed by atoms with Crippen LogP contribution in [0.4, 0.5) is 0 Å². The minimum absolute atomic E-state index is 0.00128. The molecule has 0 spiro atoms. The topological polar surface area (TPSA) is 552 Å². The average molecular weight is 1520 g/mol. The van der Waals surface area contributed by atoms with Crippen LogP contribution in [0.3, 0.4) is 0 Å². The van der Waals surface area contributed by atoms with Crippen molar-refractivity contribution in [1.29, 1.82) is 0 Å². The van der Waals surface area contributed by atoms with Crippen molar-refractivity contribution in [1.82, 2.24) is 56.8 Å². The molecule has 2 aromatic rings. The second-order valence-corrected chi connectivity index (χ2v) is 29.4. The summed E-state index contributed by atoms with van der Waals surface area (Å²) in [6, 6.07) is 5.16. The summed E-state index contributed by atoms with van der Waals surface area (Å²) in [6.45, 7) is 11.4. The summed E-state index contributed by atoms with van der Waals surface area (Å²) in [6.07, 6.45) is 5.09. The Morgan fingerprint density at radius 3 is 1.59 bits per heavy atom. The van der Waals surface area contributed by atoms with Gasteiger partial charge in [0.05, 0.1) is 77.9 Å². The number of likely N-dealkylation sites (tertiary alicyclic amines) is 4. The predicted octanol–water partition coefficient (Wildman–Crippen LogP) is -4.83. The molecule has 5 aliphatic heterocycles. The quantitative estimate of drug-likeness (QED) is 0.0129. The van der Waals surface area contributed by atoms with Gasteiger partial charge in [0.2, 0.25) is 70.9 Å². The van der Waals surface area contributed by atoms with Crippen LogP contribution < -0.4 is 65.9 Å². The lowest BCUT2D eigenvalue weighted by Crippen LogP contribution is -2.52. The van der Waals surface area contributed by atoms with Gasteiger partial charge >= 0.3 is 13.3 Å². The number of rotatable bonds is 41. The minimum atomic E-state index is -1.61. The van der Waals surface area contributed by atoms with Gasteiger partial charge in [-0.05, 0) is 120 Å². The maximum atomic E-state index is 13.0. The number of ketones is 2. The number of carbonyl (C=O) groups is 14. The monoisotopic (exact) mass is 1520 g/mol. The van der Waals surface area contributed by atoms with E-state index in [2.05, 4.69) is 42.1 Å². The third-order valence-electron chi connectivity index (χ3n) is 18.7. The molecule has 35 nitrogen and oxygen atoms in total. The van der Waals surface area contributed by atoms with E-state index >= 15 is 0 Å². The van der Waals surface area contributed by atoms with E-state index < -0.39 is 131 Å². The second kappa shape index (κ2) is 42.6. The molecule has 5 saturated heterocycles. The second-order valence-electron chi connectivity index (χ2n) is 26.9. The molecule has 5 heterocycles. The maximum Gasteiger partial charge on any atom is 0.475 e. The van der Waals surface area contributed by atoms with Gasteiger partial charge in [-0.15, -0.1) is 23.5 Å². The molecule has 580 valence electrons. The molecule has 106 heavy (non-hydrogen) atoms. The lowest BCUT2D eigenvalue weighted by molar-refractivity contribution is -0.140. The molecule has 12 amide bonds. The number of hydrogen-bond donors (Lipinski definition) is 16. The molecule has 21 N–H and O–H groups in total. The fourth-order valence-electron chi connectivity index (χ4n) is 12.4. The lowest BCUT2D eigenvalue weighted by Gasteiger charge is -2.26. The summed E-state index contributed by atoms with van der Waals surface area (Å²) in [7, 11) is -1.61. The maximum absolute atomic E-state index is 13.0. The summed E-state index contributed by atoms with van der Waals surface area (Å²) >= 11 is 2.12. The van der Waals surface area contributed by atoms with Gasteiger partial charge in [-0.1, -0.05) is 24.3 Å². The van der Waals surface area contributed by atoms with Crippen LogP contribution in [-0.2, 0) is 80.0 Å². The highest BCUT2D eigenvalue weighted by Gasteiger charge is 2.44. The fourth-order valence-corrected chi connectivity index (χ4v) is 14.9. The van der Waals surface area contributed by atoms with Crippen molar-refractivity contribution in [3.8, 4) is 11.5 Å². The number of phenols is 2. The number of thioether (sulfide) groups is 2. The first-order valence-corrected chi connectivity index (χ1v) is 37.5. The number of phenolic OH excluding ortho intramolecular Hbond substituents is 2. The first kappa shape index (κ1) is 86.3. The van der Waals surface area contributed by atoms with E-state index in [4.69, 9.17) is 35.2 Å². The largest absolute Gasteiger partial charge is 0.508 e. The van der Waals surface area contributed by atoms with E-state index in [1.54, 1.807) is 29.2 Å². The van der Waals surface area contributed by atoms with Crippen LogP contribution in [0.15, 0.2) is 48.5 Å². The SMILES string of the molecule is C[C@@H](NC(=O)[C@@H](N)Cc1ccc(O)cc1)C(=O)CN[C@@H](CSC1CC(=O)N(CCCC(=O)N[C@H]2CN[C@H](C(=O)N3CCC[C@H]3B(O)O)C2)C1=O)C(N)=O.[C-]#[N+][C@@H]1CCCN1C(=O)[C@@H](N)CCCCNC(=O)CCCN1C(=O)CC(SC[C@H](NCC(=O)[C@@H](C)NC(=O)[C@@H](N)Cc2ccc(O)cc2)C(N)=O)C1=O. The molecule has 7 rings (SSSR count). The zero-order valence-electron chi connectivity index (χ0n) is 59.5. The zero-order valence-corrected chi connectivity index (χ0v) is 61.2. The van der Waals surface area contributed by atoms with Crippen molar-refractivity contribution in [2.75, 3.05) is 63.9 Å². The summed E-state index contributed by atoms with van der Waals surface area (Å²) in [5, 5.41) is 55.8. The van der Waals surface area contributed by atoms with Crippen molar-refractivity contribution in [3.63, 3.8) is 0 Å². The first-order chi connectivity index (χ1) is 50.3. The summed E-state index contributed by atoms with van der Waals surface area (Å²) in [5.74, 6) is -6.62. The van der Waals surface area contributed by atoms with Gasteiger partial charge < -0.3 is 80.4 Å². The van der Waals surface area contributed by atoms with Crippen LogP contribution >= 0.6 is 23.5 Å². The third kappa shape index (κ3) is 26.7. The van der Waals surface area contributed by atoms with Gasteiger partial charge in [-0.25, -0.2) is 6.57 Å². The van der Waals surface area contributed by atoms with Crippen molar-refractivity contribution in [3.05, 3.63) is 71.1 Å². The first-order valence-electron chi connectivity index (χ1n) is 35.4. The van der Waals surface area contributed by atoms with E-state index in [1.165, 1.54) is 43.0 Å². The van der Waals surface area contributed by atoms with E-state index in [0.29, 0.717) is 71.1 Å². The number of aromatic hydroxyl groups is 2. The van der Waals surface area contributed by atoms with E-state index in [9.17, 15) is 87.4 Å². The molecule has 2 unspecified atom stereocenters. The van der Waals surface area contributed by atoms with Crippen molar-refractivity contribution in [2.24, 2.45) is 28.7 Å². The Morgan fingerprint density at radius 1 is 0.651 bits per heavy atom. The van der Waals surface area contributed by atoms with Crippen LogP contribution in [0, 0.1) is 6.57 Å². The summed E-state index contributed by atoms with van der Waals surface area (Å²) < 4.78 is 0. The molecule has 13 atom stereocenters. The lowest BCUT2D eigenvalue weighted by atomic mass is 9.77. The number of benzene rings is 2. The van der Waals surface area contributed by atoms with Crippen LogP contribution in [0.1, 0.15) is 115 Å². The molecule has 5 aliphatic rings. The Balaban J connectivity index is 0.000000332. The number of Topliss-reactive ketones (excluding diaryl/α,β-unsaturated/α-hetero) is 2. The number of hydrogen-bond acceptors (Lipinski definition) is 26. The Hall–Kier alpha value is -8.65. The Morgan fingerprint density at radius 2 is 1.12 bits per heavy atom. The number of primary amides is 2. The number of nitrogens with one attached hydrogen (secondary N) is 7. The summed E-state index contributed by atoms with van der Waals surface area (Å²) in [5.41, 5.74) is 30.5. The van der Waals surface area contributed by atoms with Crippen LogP contribution in [0.5, 0.6) is 11.5 Å². The molecule has 0 bridgehead atoms. The molecule has 0 saturated carbocycles. The highest BCUT2D eigenvalue weighted by Crippen LogP contribution is 2.29. The van der Waals surface area contributed by atoms with Crippen molar-refractivity contribution >= 4 is 113 Å². The average Bonchev–Trinajstić information content (AvgIpc) is 1.69. The molecule has 5 fully saturated rings. The van der Waals surface area contributed by atoms with Crippen LogP contribution in [0.2, 0.25) is 0 Å². The van der Waals surface area contributed by atoms with Gasteiger partial charge in [-0.2, -0.15) is 0 Å². The van der Waals surface area contributed by atoms with E-state index in [-0.39, 0.29) is 136 Å². The molecule has 0 aromatic heterocycles. The predicted molar refractivity (Wildman–Crippen MR) is 390 cm³/mol. The fraction of sp³-hybridized carbons (Fsp3) is 0.603. The normalized spacial score (nSPS) is 21.2. The van der Waals surface area contributed by atoms with E-state index in [0.717, 1.165) is 50.9 Å². The van der Waals surface area contributed by atoms with Gasteiger partial charge in [0.15, 0.2) is 11.6 Å². The van der Waals surface area contributed by atoms with Gasteiger partial charge in [0.1, 0.15) is 11.5 Å². The molecule has 2 aromatic carbocycles. The van der Waals surface area contributed by atoms with Crippen LogP contribution in [-0.4, -0.2) is 270 Å². The standard InChI is InChI=1S/C35H51N9O8S.C33H49BN8O10S/c1-21(42-33(50)25(37)17-22-10-12-23(45)13-11-22)27(46)19-41-26(32(38)49)20-53-28-18-31(48)44(35(28)52)16-6-9-30(47)40-14-4-3-7-24(36)34(51)43-15-5-8-29(43)39-2;1-18(39-31(48)22(35)12-19-6-8-21(43)9-7-19)25(44)16-38-24(30(36)47)17-53-26-14-29(46)42(33(26)50)11-3-5-28(45)40-20-13-23(37-15-20)32(49)41-10-2-4-27(41)34(51)52/h10-13,21,24-26,28-29,41,45H,3-9,14-20,36-37H2,1H3,(H2,38,49)(H,40,47)(H,42,50);6-9,18,20,22-24,26-27,37-38,43,51-52H,2-5,10-17,35H2,1H3,(H2,36,47)(H,39,48)(H,40,45)/t21-,24+,25+,26+,28?,29+;18-,20-,22+,23+,24+,26?,27+/m11/s1. The highest BCUT2D eigenvalue weighted by molar-refractivity contribution is 8.01. The van der Waals surface area contributed by atoms with Gasteiger partial charge in [0.25, 0.3) is 0 Å². The Kier molecular flexibility index (Phi) is 34.7. The molecule has 0 aliphatic carbocycles. The highest BCUT2D eigenvalue weighted by atomic mass is 32.2. The third-order valence-corrected chi connectivity index (χ3v) is 21.3.